The van der Waals surface area contributed by atoms with Crippen LogP contribution in [0.25, 0.3) is 11.2 Å². The van der Waals surface area contributed by atoms with Gasteiger partial charge in [-0.05, 0) is 26.0 Å². The van der Waals surface area contributed by atoms with Crippen molar-refractivity contribution >= 4 is 30.6 Å². The third kappa shape index (κ3) is 5.98. The SMILES string of the molecule is CC(=O)[C@H](C)NP(=O)(OCCOCn1cnc2c(=O)[nH]c(N)nc21)Oc1ccccc1. The molecular weight excluding hydrogens is 427 g/mol. The van der Waals surface area contributed by atoms with E-state index >= 15 is 0 Å². The first-order valence-electron chi connectivity index (χ1n) is 9.33. The van der Waals surface area contributed by atoms with Crippen molar-refractivity contribution in [2.24, 2.45) is 0 Å². The Kier molecular flexibility index (Phi) is 7.18. The fourth-order valence-corrected chi connectivity index (χ4v) is 4.03. The highest BCUT2D eigenvalue weighted by Crippen LogP contribution is 2.44. The number of ketones is 1. The van der Waals surface area contributed by atoms with Crippen molar-refractivity contribution < 1.29 is 23.1 Å². The van der Waals surface area contributed by atoms with Crippen LogP contribution in [-0.2, 0) is 25.4 Å². The Labute approximate surface area is 177 Å². The smallest absolute Gasteiger partial charge is 0.413 e. The molecule has 0 fully saturated rings. The van der Waals surface area contributed by atoms with Gasteiger partial charge in [-0.25, -0.2) is 14.6 Å². The number of aromatic amines is 1. The minimum atomic E-state index is -3.85. The van der Waals surface area contributed by atoms with Gasteiger partial charge in [0.2, 0.25) is 5.95 Å². The number of aromatic nitrogens is 4. The van der Waals surface area contributed by atoms with Crippen LogP contribution in [-0.4, -0.2) is 44.6 Å². The Morgan fingerprint density at radius 2 is 2.06 bits per heavy atom. The van der Waals surface area contributed by atoms with Gasteiger partial charge in [0.05, 0.1) is 25.6 Å². The van der Waals surface area contributed by atoms with E-state index in [0.717, 1.165) is 0 Å². The van der Waals surface area contributed by atoms with E-state index < -0.39 is 19.3 Å². The number of carbonyl (C=O) groups is 1. The highest BCUT2D eigenvalue weighted by Gasteiger charge is 2.30. The van der Waals surface area contributed by atoms with E-state index in [1.54, 1.807) is 37.3 Å². The number of benzene rings is 1. The molecule has 2 heterocycles. The summed E-state index contributed by atoms with van der Waals surface area (Å²) in [4.78, 5) is 33.7. The number of rotatable bonds is 11. The first kappa shape index (κ1) is 22.6. The summed E-state index contributed by atoms with van der Waals surface area (Å²) in [6, 6.07) is 7.74. The number of nitrogen functional groups attached to an aromatic ring is 1. The molecule has 0 spiro atoms. The third-order valence-corrected chi connectivity index (χ3v) is 5.82. The Bertz CT molecular complexity index is 1150. The molecule has 166 valence electrons. The molecule has 4 N–H and O–H groups in total. The Morgan fingerprint density at radius 1 is 1.32 bits per heavy atom. The minimum absolute atomic E-state index is 0.0108. The number of ether oxygens (including phenoxy) is 1. The van der Waals surface area contributed by atoms with Gasteiger partial charge >= 0.3 is 7.75 Å². The number of Topliss-reactive ketones (excluding diaryl/α,β-unsaturated/α-hetero) is 1. The summed E-state index contributed by atoms with van der Waals surface area (Å²) in [5.74, 6) is 0.0755. The minimum Gasteiger partial charge on any atom is -0.413 e. The summed E-state index contributed by atoms with van der Waals surface area (Å²) in [6.07, 6.45) is 1.40. The van der Waals surface area contributed by atoms with Crippen molar-refractivity contribution in [3.05, 3.63) is 47.0 Å². The van der Waals surface area contributed by atoms with Gasteiger partial charge in [0.1, 0.15) is 18.3 Å². The van der Waals surface area contributed by atoms with Crippen LogP contribution in [0.1, 0.15) is 13.8 Å². The molecule has 13 heteroatoms. The molecule has 12 nitrogen and oxygen atoms in total. The predicted octanol–water partition coefficient (Wildman–Crippen LogP) is 1.45. The van der Waals surface area contributed by atoms with Crippen molar-refractivity contribution in [3.63, 3.8) is 0 Å². The van der Waals surface area contributed by atoms with Crippen molar-refractivity contribution in [2.45, 2.75) is 26.6 Å². The predicted molar refractivity (Wildman–Crippen MR) is 112 cm³/mol. The normalized spacial score (nSPS) is 14.3. The standard InChI is InChI=1S/C18H23N6O6P/c1-12(13(2)25)23-31(27,30-14-6-4-3-5-7-14)29-9-8-28-11-24-10-20-15-16(24)21-18(19)22-17(15)26/h3-7,10,12H,8-9,11H2,1-2H3,(H,23,27)(H3,19,21,22,26)/t12-,31?/m0/s1. The number of para-hydroxylation sites is 1. The summed E-state index contributed by atoms with van der Waals surface area (Å²) < 4.78 is 31.0. The molecule has 31 heavy (non-hydrogen) atoms. The fraction of sp³-hybridized carbons (Fsp3) is 0.333. The maximum absolute atomic E-state index is 13.1. The van der Waals surface area contributed by atoms with E-state index in [-0.39, 0.29) is 42.8 Å². The highest BCUT2D eigenvalue weighted by molar-refractivity contribution is 7.52. The number of imidazole rings is 1. The molecule has 0 bridgehead atoms. The third-order valence-electron chi connectivity index (χ3n) is 4.14. The molecule has 0 saturated carbocycles. The van der Waals surface area contributed by atoms with Crippen LogP contribution >= 0.6 is 7.75 Å². The monoisotopic (exact) mass is 450 g/mol. The molecule has 1 aromatic carbocycles. The zero-order valence-corrected chi connectivity index (χ0v) is 17.9. The maximum atomic E-state index is 13.1. The number of fused-ring (bicyclic) bond motifs is 1. The lowest BCUT2D eigenvalue weighted by atomic mass is 10.3. The van der Waals surface area contributed by atoms with Crippen molar-refractivity contribution in [3.8, 4) is 5.75 Å². The number of nitrogens with one attached hydrogen (secondary N) is 2. The number of H-pyrrole nitrogens is 1. The van der Waals surface area contributed by atoms with Crippen LogP contribution in [0.3, 0.4) is 0 Å². The second-order valence-electron chi connectivity index (χ2n) is 6.57. The molecule has 2 aromatic heterocycles. The van der Waals surface area contributed by atoms with Gasteiger partial charge in [-0.15, -0.1) is 0 Å². The molecule has 0 saturated heterocycles. The molecule has 3 rings (SSSR count). The van der Waals surface area contributed by atoms with E-state index in [9.17, 15) is 14.2 Å². The number of nitrogens with two attached hydrogens (primary N) is 1. The number of hydrogen-bond acceptors (Lipinski definition) is 9. The summed E-state index contributed by atoms with van der Waals surface area (Å²) in [7, 11) is -3.85. The van der Waals surface area contributed by atoms with Gasteiger partial charge in [-0.1, -0.05) is 18.2 Å². The molecule has 2 atom stereocenters. The van der Waals surface area contributed by atoms with Gasteiger partial charge in [-0.2, -0.15) is 4.98 Å². The maximum Gasteiger partial charge on any atom is 0.459 e. The number of nitrogens with zero attached hydrogens (tertiary/aromatic N) is 3. The first-order chi connectivity index (χ1) is 14.8. The van der Waals surface area contributed by atoms with E-state index in [0.29, 0.717) is 5.75 Å². The Morgan fingerprint density at radius 3 is 2.77 bits per heavy atom. The molecule has 1 unspecified atom stereocenters. The number of carbonyl (C=O) groups excluding carboxylic acids is 1. The largest absolute Gasteiger partial charge is 0.459 e. The summed E-state index contributed by atoms with van der Waals surface area (Å²) in [5, 5.41) is 2.61. The average molecular weight is 450 g/mol. The van der Waals surface area contributed by atoms with E-state index in [2.05, 4.69) is 20.0 Å². The first-order valence-corrected chi connectivity index (χ1v) is 10.9. The lowest BCUT2D eigenvalue weighted by molar-refractivity contribution is -0.118. The lowest BCUT2D eigenvalue weighted by Crippen LogP contribution is -2.32. The molecule has 3 aromatic rings. The van der Waals surface area contributed by atoms with Gasteiger partial charge in [0.25, 0.3) is 5.56 Å². The Balaban J connectivity index is 1.58. The van der Waals surface area contributed by atoms with E-state index in [4.69, 9.17) is 19.5 Å². The molecule has 0 radical (unpaired) electrons. The van der Waals surface area contributed by atoms with E-state index in [1.807, 2.05) is 0 Å². The molecule has 0 amide bonds. The van der Waals surface area contributed by atoms with Gasteiger partial charge in [-0.3, -0.25) is 23.7 Å². The summed E-state index contributed by atoms with van der Waals surface area (Å²) in [5.41, 5.74) is 5.52. The molecule has 0 aliphatic heterocycles. The van der Waals surface area contributed by atoms with Crippen molar-refractivity contribution in [1.82, 2.24) is 24.6 Å². The quantitative estimate of drug-likeness (QED) is 0.288. The average Bonchev–Trinajstić information content (AvgIpc) is 3.11. The fourth-order valence-electron chi connectivity index (χ4n) is 2.48. The zero-order valence-electron chi connectivity index (χ0n) is 17.0. The van der Waals surface area contributed by atoms with Crippen LogP contribution in [0.4, 0.5) is 5.95 Å². The van der Waals surface area contributed by atoms with Gasteiger partial charge in [0.15, 0.2) is 11.2 Å². The lowest BCUT2D eigenvalue weighted by Gasteiger charge is -2.22. The highest BCUT2D eigenvalue weighted by atomic mass is 31.2. The van der Waals surface area contributed by atoms with Crippen LogP contribution in [0.5, 0.6) is 5.75 Å². The topological polar surface area (TPSA) is 163 Å². The van der Waals surface area contributed by atoms with Crippen molar-refractivity contribution in [2.75, 3.05) is 18.9 Å². The summed E-state index contributed by atoms with van der Waals surface area (Å²) in [6.45, 7) is 2.89. The summed E-state index contributed by atoms with van der Waals surface area (Å²) >= 11 is 0. The van der Waals surface area contributed by atoms with Crippen LogP contribution < -0.4 is 20.9 Å². The van der Waals surface area contributed by atoms with Crippen LogP contribution in [0.2, 0.25) is 0 Å². The Hall–Kier alpha value is -3.05. The second kappa shape index (κ2) is 9.84. The molecule has 0 aliphatic carbocycles. The number of anilines is 1. The van der Waals surface area contributed by atoms with E-state index in [1.165, 1.54) is 17.8 Å². The van der Waals surface area contributed by atoms with Gasteiger partial charge < -0.3 is 15.0 Å². The van der Waals surface area contributed by atoms with Crippen LogP contribution in [0, 0.1) is 0 Å². The van der Waals surface area contributed by atoms with Crippen LogP contribution in [0.15, 0.2) is 41.5 Å². The molecule has 0 aliphatic rings. The zero-order chi connectivity index (χ0) is 22.4. The number of hydrogen-bond donors (Lipinski definition) is 3. The van der Waals surface area contributed by atoms with Crippen molar-refractivity contribution in [1.29, 1.82) is 0 Å². The second-order valence-corrected chi connectivity index (χ2v) is 8.27. The molecular formula is C18H23N6O6P. The van der Waals surface area contributed by atoms with Gasteiger partial charge in [0, 0.05) is 0 Å².